The lowest BCUT2D eigenvalue weighted by Gasteiger charge is -2.33. The zero-order valence-electron chi connectivity index (χ0n) is 22.3. The summed E-state index contributed by atoms with van der Waals surface area (Å²) in [6.07, 6.45) is -1.40. The number of anilines is 1. The van der Waals surface area contributed by atoms with E-state index in [2.05, 4.69) is 10.6 Å². The van der Waals surface area contributed by atoms with Crippen LogP contribution in [-0.2, 0) is 19.1 Å². The van der Waals surface area contributed by atoms with Crippen molar-refractivity contribution < 1.29 is 33.8 Å². The number of hydrogen-bond donors (Lipinski definition) is 4. The number of alkyl carbamates (subject to hydrolysis) is 1. The SMILES string of the molecule is COc1ccc(NC(=O)C(c2cccc(O)c2)N(CC#N)C(=O)C(CCC(N)=O)NC(=O)OC(C)(C)C)cc1. The lowest BCUT2D eigenvalue weighted by atomic mass is 10.0. The van der Waals surface area contributed by atoms with Gasteiger partial charge in [-0.3, -0.25) is 14.4 Å². The fourth-order valence-corrected chi connectivity index (χ4v) is 3.62. The second-order valence-electron chi connectivity index (χ2n) is 9.54. The van der Waals surface area contributed by atoms with Crippen molar-refractivity contribution in [1.82, 2.24) is 10.2 Å². The molecule has 0 saturated heterocycles. The molecule has 0 spiro atoms. The summed E-state index contributed by atoms with van der Waals surface area (Å²) in [5.41, 5.74) is 4.98. The highest BCUT2D eigenvalue weighted by Crippen LogP contribution is 2.27. The van der Waals surface area contributed by atoms with Crippen molar-refractivity contribution in [3.05, 3.63) is 54.1 Å². The number of ether oxygens (including phenoxy) is 2. The second-order valence-corrected chi connectivity index (χ2v) is 9.54. The molecule has 2 aromatic carbocycles. The Kier molecular flexibility index (Phi) is 10.7. The van der Waals surface area contributed by atoms with Gasteiger partial charge < -0.3 is 35.8 Å². The Hall–Kier alpha value is -4.79. The number of benzene rings is 2. The van der Waals surface area contributed by atoms with Gasteiger partial charge >= 0.3 is 6.09 Å². The molecule has 0 radical (unpaired) electrons. The largest absolute Gasteiger partial charge is 0.508 e. The number of carbonyl (C=O) groups is 4. The number of aromatic hydroxyl groups is 1. The van der Waals surface area contributed by atoms with Gasteiger partial charge in [-0.05, 0) is 69.2 Å². The van der Waals surface area contributed by atoms with Gasteiger partial charge in [0.15, 0.2) is 0 Å². The van der Waals surface area contributed by atoms with Crippen molar-refractivity contribution in [2.75, 3.05) is 19.0 Å². The van der Waals surface area contributed by atoms with Crippen LogP contribution in [0.25, 0.3) is 0 Å². The predicted octanol–water partition coefficient (Wildman–Crippen LogP) is 2.59. The van der Waals surface area contributed by atoms with Gasteiger partial charge in [0.2, 0.25) is 11.8 Å². The van der Waals surface area contributed by atoms with E-state index in [1.165, 1.54) is 31.4 Å². The number of carbonyl (C=O) groups excluding carboxylic acids is 4. The van der Waals surface area contributed by atoms with Crippen molar-refractivity contribution in [2.24, 2.45) is 5.73 Å². The first-order chi connectivity index (χ1) is 18.3. The zero-order chi connectivity index (χ0) is 29.2. The number of nitriles is 1. The Bertz CT molecular complexity index is 1220. The second kappa shape index (κ2) is 13.7. The Morgan fingerprint density at radius 3 is 2.33 bits per heavy atom. The number of hydrogen-bond acceptors (Lipinski definition) is 8. The number of nitrogens with two attached hydrogens (primary N) is 1. The van der Waals surface area contributed by atoms with Crippen LogP contribution in [0.3, 0.4) is 0 Å². The van der Waals surface area contributed by atoms with E-state index in [0.717, 1.165) is 4.90 Å². The van der Waals surface area contributed by atoms with Gasteiger partial charge in [0.05, 0.1) is 13.2 Å². The van der Waals surface area contributed by atoms with Gasteiger partial charge in [0.1, 0.15) is 35.7 Å². The number of phenols is 1. The Balaban J connectivity index is 2.49. The molecule has 0 aliphatic heterocycles. The van der Waals surface area contributed by atoms with Crippen molar-refractivity contribution >= 4 is 29.5 Å². The molecule has 0 heterocycles. The summed E-state index contributed by atoms with van der Waals surface area (Å²) in [6.45, 7) is 4.35. The fraction of sp³-hybridized carbons (Fsp3) is 0.370. The minimum atomic E-state index is -1.40. The number of amides is 4. The van der Waals surface area contributed by atoms with Crippen LogP contribution >= 0.6 is 0 Å². The van der Waals surface area contributed by atoms with E-state index in [-0.39, 0.29) is 24.2 Å². The number of primary amides is 1. The molecule has 0 fully saturated rings. The summed E-state index contributed by atoms with van der Waals surface area (Å²) in [4.78, 5) is 52.3. The first kappa shape index (κ1) is 30.4. The number of nitrogens with one attached hydrogen (secondary N) is 2. The third kappa shape index (κ3) is 9.55. The molecule has 2 unspecified atom stereocenters. The molecule has 0 aromatic heterocycles. The van der Waals surface area contributed by atoms with Crippen LogP contribution in [0.4, 0.5) is 10.5 Å². The summed E-state index contributed by atoms with van der Waals surface area (Å²) in [5, 5.41) is 24.8. The van der Waals surface area contributed by atoms with E-state index >= 15 is 0 Å². The molecular weight excluding hydrogens is 506 g/mol. The first-order valence-corrected chi connectivity index (χ1v) is 12.0. The molecular formula is C27H33N5O7. The molecule has 0 aliphatic carbocycles. The predicted molar refractivity (Wildman–Crippen MR) is 141 cm³/mol. The zero-order valence-corrected chi connectivity index (χ0v) is 22.3. The summed E-state index contributed by atoms with van der Waals surface area (Å²) in [7, 11) is 1.50. The highest BCUT2D eigenvalue weighted by Gasteiger charge is 2.36. The third-order valence-corrected chi connectivity index (χ3v) is 5.30. The van der Waals surface area contributed by atoms with Crippen LogP contribution in [0.15, 0.2) is 48.5 Å². The number of phenolic OH excluding ortho intramolecular Hbond substituents is 1. The number of nitrogens with zero attached hydrogens (tertiary/aromatic N) is 2. The van der Waals surface area contributed by atoms with E-state index in [1.54, 1.807) is 45.0 Å². The average molecular weight is 540 g/mol. The van der Waals surface area contributed by atoms with Crippen LogP contribution in [-0.4, -0.2) is 59.1 Å². The lowest BCUT2D eigenvalue weighted by Crippen LogP contribution is -2.52. The van der Waals surface area contributed by atoms with E-state index in [1.807, 2.05) is 6.07 Å². The van der Waals surface area contributed by atoms with Gasteiger partial charge in [0.25, 0.3) is 5.91 Å². The van der Waals surface area contributed by atoms with Crippen LogP contribution < -0.4 is 21.1 Å². The topological polar surface area (TPSA) is 184 Å². The van der Waals surface area contributed by atoms with Gasteiger partial charge in [0, 0.05) is 12.1 Å². The molecule has 12 nitrogen and oxygen atoms in total. The molecule has 208 valence electrons. The molecule has 5 N–H and O–H groups in total. The molecule has 2 atom stereocenters. The molecule has 4 amide bonds. The minimum absolute atomic E-state index is 0.170. The monoisotopic (exact) mass is 539 g/mol. The highest BCUT2D eigenvalue weighted by atomic mass is 16.6. The average Bonchev–Trinajstić information content (AvgIpc) is 2.85. The maximum absolute atomic E-state index is 13.8. The van der Waals surface area contributed by atoms with Crippen LogP contribution in [0, 0.1) is 11.3 Å². The van der Waals surface area contributed by atoms with Crippen LogP contribution in [0.5, 0.6) is 11.5 Å². The Morgan fingerprint density at radius 1 is 1.13 bits per heavy atom. The van der Waals surface area contributed by atoms with Gasteiger partial charge in [-0.1, -0.05) is 12.1 Å². The minimum Gasteiger partial charge on any atom is -0.508 e. The molecule has 12 heteroatoms. The maximum Gasteiger partial charge on any atom is 0.408 e. The van der Waals surface area contributed by atoms with Crippen molar-refractivity contribution in [1.29, 1.82) is 5.26 Å². The van der Waals surface area contributed by atoms with Crippen molar-refractivity contribution in [3.8, 4) is 17.6 Å². The maximum atomic E-state index is 13.8. The van der Waals surface area contributed by atoms with E-state index < -0.39 is 48.0 Å². The first-order valence-electron chi connectivity index (χ1n) is 12.0. The van der Waals surface area contributed by atoms with Gasteiger partial charge in [-0.2, -0.15) is 5.26 Å². The number of rotatable bonds is 11. The van der Waals surface area contributed by atoms with Crippen molar-refractivity contribution in [3.63, 3.8) is 0 Å². The summed E-state index contributed by atoms with van der Waals surface area (Å²) < 4.78 is 10.4. The third-order valence-electron chi connectivity index (χ3n) is 5.30. The summed E-state index contributed by atoms with van der Waals surface area (Å²) in [6, 6.07) is 11.2. The fourth-order valence-electron chi connectivity index (χ4n) is 3.62. The van der Waals surface area contributed by atoms with Crippen LogP contribution in [0.2, 0.25) is 0 Å². The molecule has 39 heavy (non-hydrogen) atoms. The van der Waals surface area contributed by atoms with Crippen molar-refractivity contribution in [2.45, 2.75) is 51.3 Å². The summed E-state index contributed by atoms with van der Waals surface area (Å²) >= 11 is 0. The Labute approximate surface area is 226 Å². The standard InChI is InChI=1S/C27H33N5O7/c1-27(2,3)39-26(37)31-21(12-13-22(29)34)25(36)32(15-14-28)23(17-6-5-7-19(33)16-17)24(35)30-18-8-10-20(38-4)11-9-18/h5-11,16,21,23,33H,12-13,15H2,1-4H3,(H2,29,34)(H,30,35)(H,31,37). The van der Waals surface area contributed by atoms with E-state index in [9.17, 15) is 29.5 Å². The molecule has 0 saturated carbocycles. The summed E-state index contributed by atoms with van der Waals surface area (Å²) in [5.74, 6) is -1.85. The van der Waals surface area contributed by atoms with Gasteiger partial charge in [-0.25, -0.2) is 4.79 Å². The van der Waals surface area contributed by atoms with Crippen LogP contribution in [0.1, 0.15) is 45.2 Å². The quantitative estimate of drug-likeness (QED) is 0.314. The van der Waals surface area contributed by atoms with E-state index in [0.29, 0.717) is 11.4 Å². The molecule has 0 aliphatic rings. The highest BCUT2D eigenvalue weighted by molar-refractivity contribution is 5.99. The molecule has 0 bridgehead atoms. The van der Waals surface area contributed by atoms with E-state index in [4.69, 9.17) is 15.2 Å². The molecule has 2 rings (SSSR count). The van der Waals surface area contributed by atoms with Gasteiger partial charge in [-0.15, -0.1) is 0 Å². The Morgan fingerprint density at radius 2 is 1.79 bits per heavy atom. The normalized spacial score (nSPS) is 12.3. The lowest BCUT2D eigenvalue weighted by molar-refractivity contribution is -0.140. The molecule has 2 aromatic rings. The number of methoxy groups -OCH3 is 1. The smallest absolute Gasteiger partial charge is 0.408 e.